The second kappa shape index (κ2) is 4.07. The summed E-state index contributed by atoms with van der Waals surface area (Å²) in [6.07, 6.45) is 0. The van der Waals surface area contributed by atoms with Gasteiger partial charge in [0.1, 0.15) is 6.67 Å². The maximum absolute atomic E-state index is 13.0. The van der Waals surface area contributed by atoms with Crippen LogP contribution in [-0.2, 0) is 6.67 Å². The predicted octanol–water partition coefficient (Wildman–Crippen LogP) is 2.31. The Kier molecular flexibility index (Phi) is 3.06. The van der Waals surface area contributed by atoms with E-state index in [0.717, 1.165) is 6.07 Å². The van der Waals surface area contributed by atoms with Crippen LogP contribution in [-0.4, -0.2) is 14.2 Å². The quantitative estimate of drug-likeness (QED) is 0.724. The zero-order chi connectivity index (χ0) is 9.84. The Balaban J connectivity index is 3.27. The minimum absolute atomic E-state index is 0.0577. The normalized spacial score (nSPS) is 9.85. The van der Waals surface area contributed by atoms with Crippen molar-refractivity contribution in [3.63, 3.8) is 0 Å². The van der Waals surface area contributed by atoms with E-state index in [1.54, 1.807) is 0 Å². The third-order valence-electron chi connectivity index (χ3n) is 1.70. The highest BCUT2D eigenvalue weighted by atomic mass is 19.1. The second-order valence-corrected chi connectivity index (χ2v) is 2.41. The van der Waals surface area contributed by atoms with Crippen molar-refractivity contribution < 1.29 is 18.3 Å². The molecular weight excluding hydrogens is 178 g/mol. The molecule has 0 saturated carbocycles. The average Bonchev–Trinajstić information content (AvgIpc) is 2.17. The molecule has 0 saturated heterocycles. The SMILES string of the molecule is COc1c(F)ccc(CF)c1OC. The third-order valence-corrected chi connectivity index (χ3v) is 1.70. The molecule has 0 fully saturated rings. The number of alkyl halides is 1. The van der Waals surface area contributed by atoms with Gasteiger partial charge in [0.15, 0.2) is 17.3 Å². The largest absolute Gasteiger partial charge is 0.492 e. The van der Waals surface area contributed by atoms with Crippen molar-refractivity contribution in [3.8, 4) is 11.5 Å². The molecule has 1 aromatic rings. The number of hydrogen-bond donors (Lipinski definition) is 0. The molecule has 0 bridgehead atoms. The Hall–Kier alpha value is -1.32. The first-order valence-electron chi connectivity index (χ1n) is 3.70. The van der Waals surface area contributed by atoms with E-state index in [1.807, 2.05) is 0 Å². The molecule has 0 spiro atoms. The fourth-order valence-corrected chi connectivity index (χ4v) is 1.10. The van der Waals surface area contributed by atoms with Gasteiger partial charge in [0.05, 0.1) is 14.2 Å². The highest BCUT2D eigenvalue weighted by Crippen LogP contribution is 2.33. The van der Waals surface area contributed by atoms with E-state index in [4.69, 9.17) is 9.47 Å². The van der Waals surface area contributed by atoms with Crippen LogP contribution in [0.4, 0.5) is 8.78 Å². The summed E-state index contributed by atoms with van der Waals surface area (Å²) in [5.74, 6) is -0.501. The standard InChI is InChI=1S/C9H10F2O2/c1-12-8-6(5-10)3-4-7(11)9(8)13-2/h3-4H,5H2,1-2H3. The van der Waals surface area contributed by atoms with E-state index in [2.05, 4.69) is 0 Å². The van der Waals surface area contributed by atoms with E-state index in [9.17, 15) is 8.78 Å². The van der Waals surface area contributed by atoms with E-state index in [0.29, 0.717) is 0 Å². The molecule has 2 nitrogen and oxygen atoms in total. The molecule has 0 unspecified atom stereocenters. The molecule has 0 N–H and O–H groups in total. The molecule has 4 heteroatoms. The topological polar surface area (TPSA) is 18.5 Å². The Labute approximate surface area is 75.1 Å². The lowest BCUT2D eigenvalue weighted by atomic mass is 10.2. The first-order chi connectivity index (χ1) is 6.24. The first-order valence-corrected chi connectivity index (χ1v) is 3.70. The Bertz CT molecular complexity index is 300. The van der Waals surface area contributed by atoms with Crippen molar-refractivity contribution in [3.05, 3.63) is 23.5 Å². The minimum Gasteiger partial charge on any atom is -0.492 e. The van der Waals surface area contributed by atoms with Gasteiger partial charge >= 0.3 is 0 Å². The third kappa shape index (κ3) is 1.71. The number of halogens is 2. The second-order valence-electron chi connectivity index (χ2n) is 2.41. The van der Waals surface area contributed by atoms with Crippen molar-refractivity contribution >= 4 is 0 Å². The number of rotatable bonds is 3. The maximum Gasteiger partial charge on any atom is 0.197 e. The molecule has 1 aromatic carbocycles. The van der Waals surface area contributed by atoms with Crippen molar-refractivity contribution in [1.82, 2.24) is 0 Å². The number of methoxy groups -OCH3 is 2. The molecule has 1 rings (SSSR count). The van der Waals surface area contributed by atoms with Crippen LogP contribution in [0.5, 0.6) is 11.5 Å². The molecule has 0 aliphatic carbocycles. The molecule has 0 aliphatic heterocycles. The van der Waals surface area contributed by atoms with Gasteiger partial charge in [-0.1, -0.05) is 0 Å². The monoisotopic (exact) mass is 188 g/mol. The van der Waals surface area contributed by atoms with Crippen LogP contribution in [0, 0.1) is 5.82 Å². The zero-order valence-corrected chi connectivity index (χ0v) is 7.43. The Morgan fingerprint density at radius 3 is 2.23 bits per heavy atom. The van der Waals surface area contributed by atoms with Crippen LogP contribution in [0.25, 0.3) is 0 Å². The lowest BCUT2D eigenvalue weighted by Gasteiger charge is -2.10. The van der Waals surface area contributed by atoms with Crippen LogP contribution in [0.3, 0.4) is 0 Å². The average molecular weight is 188 g/mol. The van der Waals surface area contributed by atoms with Gasteiger partial charge in [0.25, 0.3) is 0 Å². The van der Waals surface area contributed by atoms with Gasteiger partial charge in [0.2, 0.25) is 0 Å². The maximum atomic E-state index is 13.0. The molecule has 0 aromatic heterocycles. The first kappa shape index (κ1) is 9.77. The summed E-state index contributed by atoms with van der Waals surface area (Å²) in [7, 11) is 2.65. The lowest BCUT2D eigenvalue weighted by molar-refractivity contribution is 0.329. The smallest absolute Gasteiger partial charge is 0.197 e. The van der Waals surface area contributed by atoms with Crippen LogP contribution in [0.15, 0.2) is 12.1 Å². The zero-order valence-electron chi connectivity index (χ0n) is 7.43. The molecule has 0 radical (unpaired) electrons. The summed E-state index contributed by atoms with van der Waals surface area (Å²) >= 11 is 0. The molecular formula is C9H10F2O2. The fourth-order valence-electron chi connectivity index (χ4n) is 1.10. The van der Waals surface area contributed by atoms with Gasteiger partial charge in [-0.2, -0.15) is 0 Å². The molecule has 13 heavy (non-hydrogen) atoms. The van der Waals surface area contributed by atoms with Crippen molar-refractivity contribution in [1.29, 1.82) is 0 Å². The van der Waals surface area contributed by atoms with Gasteiger partial charge < -0.3 is 9.47 Å². The summed E-state index contributed by atoms with van der Waals surface area (Å²) in [4.78, 5) is 0. The van der Waals surface area contributed by atoms with E-state index >= 15 is 0 Å². The van der Waals surface area contributed by atoms with Crippen LogP contribution < -0.4 is 9.47 Å². The summed E-state index contributed by atoms with van der Waals surface area (Å²) in [5, 5.41) is 0. The van der Waals surface area contributed by atoms with E-state index in [1.165, 1.54) is 20.3 Å². The summed E-state index contributed by atoms with van der Waals surface area (Å²) in [6.45, 7) is -0.709. The minimum atomic E-state index is -0.709. The van der Waals surface area contributed by atoms with Gasteiger partial charge in [-0.3, -0.25) is 0 Å². The van der Waals surface area contributed by atoms with Crippen molar-refractivity contribution in [2.24, 2.45) is 0 Å². The number of hydrogen-bond acceptors (Lipinski definition) is 2. The number of benzene rings is 1. The molecule has 0 heterocycles. The van der Waals surface area contributed by atoms with Crippen molar-refractivity contribution in [2.75, 3.05) is 14.2 Å². The van der Waals surface area contributed by atoms with Crippen LogP contribution in [0.2, 0.25) is 0 Å². The van der Waals surface area contributed by atoms with Gasteiger partial charge in [-0.15, -0.1) is 0 Å². The molecule has 0 aliphatic rings. The van der Waals surface area contributed by atoms with E-state index < -0.39 is 12.5 Å². The summed E-state index contributed by atoms with van der Waals surface area (Å²) in [5.41, 5.74) is 0.278. The van der Waals surface area contributed by atoms with Gasteiger partial charge in [-0.05, 0) is 12.1 Å². The summed E-state index contributed by atoms with van der Waals surface area (Å²) < 4.78 is 35.0. The Morgan fingerprint density at radius 2 is 1.77 bits per heavy atom. The van der Waals surface area contributed by atoms with Crippen molar-refractivity contribution in [2.45, 2.75) is 6.67 Å². The molecule has 72 valence electrons. The highest BCUT2D eigenvalue weighted by Gasteiger charge is 2.14. The Morgan fingerprint density at radius 1 is 1.15 bits per heavy atom. The molecule has 0 amide bonds. The highest BCUT2D eigenvalue weighted by molar-refractivity contribution is 5.47. The van der Waals surface area contributed by atoms with E-state index in [-0.39, 0.29) is 17.1 Å². The lowest BCUT2D eigenvalue weighted by Crippen LogP contribution is -1.97. The van der Waals surface area contributed by atoms with Gasteiger partial charge in [0, 0.05) is 5.56 Å². The predicted molar refractivity (Wildman–Crippen MR) is 44.3 cm³/mol. The van der Waals surface area contributed by atoms with Crippen LogP contribution in [0.1, 0.15) is 5.56 Å². The summed E-state index contributed by atoms with van der Waals surface area (Å²) in [6, 6.07) is 2.48. The van der Waals surface area contributed by atoms with Gasteiger partial charge in [-0.25, -0.2) is 8.78 Å². The number of ether oxygens (including phenoxy) is 2. The fraction of sp³-hybridized carbons (Fsp3) is 0.333. The van der Waals surface area contributed by atoms with Crippen LogP contribution >= 0.6 is 0 Å². The molecule has 0 atom stereocenters.